The largest absolute Gasteiger partial charge is 0.295 e. The van der Waals surface area contributed by atoms with Gasteiger partial charge in [0.15, 0.2) is 0 Å². The Balaban J connectivity index is 1.82. The average molecular weight is 324 g/mol. The van der Waals surface area contributed by atoms with Gasteiger partial charge in [-0.25, -0.2) is 0 Å². The van der Waals surface area contributed by atoms with Crippen molar-refractivity contribution in [1.29, 1.82) is 0 Å². The van der Waals surface area contributed by atoms with Crippen LogP contribution < -0.4 is 0 Å². The van der Waals surface area contributed by atoms with Gasteiger partial charge < -0.3 is 0 Å². The lowest BCUT2D eigenvalue weighted by molar-refractivity contribution is 0.157. The molecule has 0 bridgehead atoms. The third-order valence-corrected chi connectivity index (χ3v) is 5.62. The summed E-state index contributed by atoms with van der Waals surface area (Å²) in [5, 5.41) is 4.89. The minimum absolute atomic E-state index is 0.720. The molecule has 1 aliphatic heterocycles. The fourth-order valence-electron chi connectivity index (χ4n) is 2.82. The van der Waals surface area contributed by atoms with Gasteiger partial charge in [-0.05, 0) is 41.8 Å². The molecule has 1 nitrogen and oxygen atoms in total. The maximum Gasteiger partial charge on any atom is 0.0346 e. The van der Waals surface area contributed by atoms with Crippen LogP contribution in [0.15, 0.2) is 29.6 Å². The van der Waals surface area contributed by atoms with Crippen molar-refractivity contribution in [2.75, 3.05) is 11.9 Å². The summed E-state index contributed by atoms with van der Waals surface area (Å²) in [6.07, 6.45) is 4.08. The quantitative estimate of drug-likeness (QED) is 0.743. The van der Waals surface area contributed by atoms with E-state index in [0.717, 1.165) is 17.9 Å². The summed E-state index contributed by atoms with van der Waals surface area (Å²) in [4.78, 5) is 2.65. The normalized spacial score (nSPS) is 21.5. The summed E-state index contributed by atoms with van der Waals surface area (Å²) < 4.78 is 1.42. The monoisotopic (exact) mass is 323 g/mol. The zero-order valence-corrected chi connectivity index (χ0v) is 12.8. The molecule has 0 spiro atoms. The highest BCUT2D eigenvalue weighted by Crippen LogP contribution is 2.29. The predicted octanol–water partition coefficient (Wildman–Crippen LogP) is 4.65. The van der Waals surface area contributed by atoms with E-state index in [-0.39, 0.29) is 0 Å². The number of halogens is 1. The highest BCUT2D eigenvalue weighted by molar-refractivity contribution is 9.09. The molecule has 1 fully saturated rings. The molecule has 3 rings (SSSR count). The zero-order valence-electron chi connectivity index (χ0n) is 10.4. The van der Waals surface area contributed by atoms with Gasteiger partial charge >= 0.3 is 0 Å². The Kier molecular flexibility index (Phi) is 4.02. The van der Waals surface area contributed by atoms with Crippen molar-refractivity contribution >= 4 is 37.4 Å². The first kappa shape index (κ1) is 12.6. The fourth-order valence-corrected chi connectivity index (χ4v) is 4.50. The molecule has 0 saturated carbocycles. The second kappa shape index (κ2) is 5.72. The van der Waals surface area contributed by atoms with Crippen LogP contribution in [0.25, 0.3) is 10.1 Å². The Labute approximate surface area is 121 Å². The summed E-state index contributed by atoms with van der Waals surface area (Å²) in [7, 11) is 0. The number of thiophene rings is 1. The lowest BCUT2D eigenvalue weighted by atomic mass is 10.0. The molecule has 96 valence electrons. The summed E-state index contributed by atoms with van der Waals surface area (Å²) in [6, 6.07) is 9.48. The smallest absolute Gasteiger partial charge is 0.0346 e. The molecule has 2 heterocycles. The summed E-state index contributed by atoms with van der Waals surface area (Å²) >= 11 is 5.54. The lowest BCUT2D eigenvalue weighted by Gasteiger charge is -2.34. The maximum absolute atomic E-state index is 3.67. The van der Waals surface area contributed by atoms with E-state index < -0.39 is 0 Å². The molecular weight excluding hydrogens is 306 g/mol. The van der Waals surface area contributed by atoms with E-state index in [4.69, 9.17) is 0 Å². The molecule has 0 aliphatic carbocycles. The van der Waals surface area contributed by atoms with Crippen LogP contribution in [0, 0.1) is 0 Å². The van der Waals surface area contributed by atoms with Gasteiger partial charge in [0, 0.05) is 22.6 Å². The molecule has 0 radical (unpaired) electrons. The van der Waals surface area contributed by atoms with Crippen LogP contribution in [0.5, 0.6) is 0 Å². The lowest BCUT2D eigenvalue weighted by Crippen LogP contribution is -2.39. The highest BCUT2D eigenvalue weighted by Gasteiger charge is 2.22. The van der Waals surface area contributed by atoms with Crippen LogP contribution in [0.3, 0.4) is 0 Å². The van der Waals surface area contributed by atoms with E-state index >= 15 is 0 Å². The first-order chi connectivity index (χ1) is 8.88. The number of fused-ring (bicyclic) bond motifs is 1. The van der Waals surface area contributed by atoms with Crippen LogP contribution in [0.1, 0.15) is 24.8 Å². The molecule has 18 heavy (non-hydrogen) atoms. The average Bonchev–Trinajstić information content (AvgIpc) is 2.83. The summed E-state index contributed by atoms with van der Waals surface area (Å²) in [5.41, 5.74) is 1.50. The SMILES string of the molecule is BrCC1CCCCN1Cc1csc2ccccc12. The topological polar surface area (TPSA) is 3.24 Å². The molecule has 1 unspecified atom stereocenters. The van der Waals surface area contributed by atoms with Crippen molar-refractivity contribution in [1.82, 2.24) is 4.90 Å². The third-order valence-electron chi connectivity index (χ3n) is 3.86. The van der Waals surface area contributed by atoms with E-state index in [1.54, 1.807) is 0 Å². The Morgan fingerprint density at radius 2 is 2.17 bits per heavy atom. The number of rotatable bonds is 3. The molecule has 3 heteroatoms. The standard InChI is InChI=1S/C15H18BrNS/c16-9-13-5-3-4-8-17(13)10-12-11-18-15-7-2-1-6-14(12)15/h1-2,6-7,11,13H,3-5,8-10H2. The van der Waals surface area contributed by atoms with E-state index in [9.17, 15) is 0 Å². The molecule has 2 aromatic rings. The van der Waals surface area contributed by atoms with Crippen molar-refractivity contribution in [3.05, 3.63) is 35.2 Å². The summed E-state index contributed by atoms with van der Waals surface area (Å²) in [5.74, 6) is 0. The van der Waals surface area contributed by atoms with Crippen molar-refractivity contribution in [2.45, 2.75) is 31.8 Å². The van der Waals surface area contributed by atoms with Crippen LogP contribution in [-0.2, 0) is 6.54 Å². The van der Waals surface area contributed by atoms with Crippen molar-refractivity contribution < 1.29 is 0 Å². The molecule has 1 saturated heterocycles. The van der Waals surface area contributed by atoms with Crippen LogP contribution in [0.4, 0.5) is 0 Å². The number of alkyl halides is 1. The Morgan fingerprint density at radius 1 is 1.28 bits per heavy atom. The van der Waals surface area contributed by atoms with Crippen molar-refractivity contribution in [2.24, 2.45) is 0 Å². The van der Waals surface area contributed by atoms with Gasteiger partial charge in [-0.3, -0.25) is 4.90 Å². The Morgan fingerprint density at radius 3 is 3.06 bits per heavy atom. The molecule has 0 N–H and O–H groups in total. The molecule has 1 aliphatic rings. The van der Waals surface area contributed by atoms with Crippen LogP contribution in [-0.4, -0.2) is 22.8 Å². The minimum Gasteiger partial charge on any atom is -0.295 e. The van der Waals surface area contributed by atoms with Gasteiger partial charge in [0.05, 0.1) is 0 Å². The predicted molar refractivity (Wildman–Crippen MR) is 83.7 cm³/mol. The number of nitrogens with zero attached hydrogens (tertiary/aromatic N) is 1. The summed E-state index contributed by atoms with van der Waals surface area (Å²) in [6.45, 7) is 2.36. The molecular formula is C15H18BrNS. The van der Waals surface area contributed by atoms with E-state index in [1.165, 1.54) is 41.5 Å². The molecule has 1 aromatic heterocycles. The minimum atomic E-state index is 0.720. The first-order valence-corrected chi connectivity index (χ1v) is 8.63. The maximum atomic E-state index is 3.67. The number of hydrogen-bond acceptors (Lipinski definition) is 2. The Bertz CT molecular complexity index is 522. The van der Waals surface area contributed by atoms with Crippen LogP contribution >= 0.6 is 27.3 Å². The number of likely N-dealkylation sites (tertiary alicyclic amines) is 1. The second-order valence-electron chi connectivity index (χ2n) is 5.03. The van der Waals surface area contributed by atoms with Gasteiger partial charge in [-0.1, -0.05) is 40.5 Å². The third kappa shape index (κ3) is 2.49. The van der Waals surface area contributed by atoms with E-state index in [2.05, 4.69) is 50.5 Å². The van der Waals surface area contributed by atoms with Gasteiger partial charge in [0.25, 0.3) is 0 Å². The second-order valence-corrected chi connectivity index (χ2v) is 6.59. The van der Waals surface area contributed by atoms with E-state index in [0.29, 0.717) is 0 Å². The van der Waals surface area contributed by atoms with Gasteiger partial charge in [0.1, 0.15) is 0 Å². The molecule has 1 atom stereocenters. The van der Waals surface area contributed by atoms with Crippen molar-refractivity contribution in [3.63, 3.8) is 0 Å². The molecule has 0 amide bonds. The number of hydrogen-bond donors (Lipinski definition) is 0. The van der Waals surface area contributed by atoms with Crippen molar-refractivity contribution in [3.8, 4) is 0 Å². The fraction of sp³-hybridized carbons (Fsp3) is 0.467. The van der Waals surface area contributed by atoms with E-state index in [1.807, 2.05) is 11.3 Å². The van der Waals surface area contributed by atoms with Gasteiger partial charge in [-0.2, -0.15) is 0 Å². The first-order valence-electron chi connectivity index (χ1n) is 6.63. The number of benzene rings is 1. The number of piperidine rings is 1. The highest BCUT2D eigenvalue weighted by atomic mass is 79.9. The van der Waals surface area contributed by atoms with Gasteiger partial charge in [-0.15, -0.1) is 11.3 Å². The van der Waals surface area contributed by atoms with Crippen LogP contribution in [0.2, 0.25) is 0 Å². The Hall–Kier alpha value is -0.380. The van der Waals surface area contributed by atoms with Gasteiger partial charge in [0.2, 0.25) is 0 Å². The zero-order chi connectivity index (χ0) is 12.4. The molecule has 1 aromatic carbocycles.